The summed E-state index contributed by atoms with van der Waals surface area (Å²) in [5, 5.41) is 10.4. The summed E-state index contributed by atoms with van der Waals surface area (Å²) in [6, 6.07) is 4.93. The molecular weight excluding hydrogens is 464 g/mol. The highest BCUT2D eigenvalue weighted by atomic mass is 35.5. The first-order valence-corrected chi connectivity index (χ1v) is 11.3. The van der Waals surface area contributed by atoms with Crippen LogP contribution in [-0.2, 0) is 11.0 Å². The zero-order chi connectivity index (χ0) is 22.8. The zero-order valence-electron chi connectivity index (χ0n) is 17.1. The molecule has 0 radical (unpaired) electrons. The standard InChI is InChI=1S/C22H21Cl2F3N4O/c1-10-19(21(32)29-16-7-11-2-3-12(16)6-11)20(13-4-5-14(23)15(24)8-13)31-18(28-10)9-17(30-31)22(25,26)27/h4-5,8-9,11-12,16,20,28H,2-3,6-7H2,1H3,(H,29,32). The molecule has 3 aliphatic rings. The third-order valence-electron chi connectivity index (χ3n) is 6.82. The first-order valence-electron chi connectivity index (χ1n) is 10.5. The van der Waals surface area contributed by atoms with Crippen molar-refractivity contribution in [1.29, 1.82) is 0 Å². The molecule has 2 heterocycles. The summed E-state index contributed by atoms with van der Waals surface area (Å²) in [5.74, 6) is 0.949. The maximum atomic E-state index is 13.5. The maximum Gasteiger partial charge on any atom is 0.435 e. The molecule has 1 aliphatic heterocycles. The van der Waals surface area contributed by atoms with E-state index in [1.807, 2.05) is 0 Å². The molecule has 2 bridgehead atoms. The normalized spacial score (nSPS) is 26.8. The average molecular weight is 485 g/mol. The minimum atomic E-state index is -4.62. The number of hydrogen-bond acceptors (Lipinski definition) is 3. The van der Waals surface area contributed by atoms with Crippen LogP contribution in [0.1, 0.15) is 49.9 Å². The minimum Gasteiger partial charge on any atom is -0.349 e. The highest BCUT2D eigenvalue weighted by molar-refractivity contribution is 6.42. The summed E-state index contributed by atoms with van der Waals surface area (Å²) < 4.78 is 41.4. The van der Waals surface area contributed by atoms with Gasteiger partial charge >= 0.3 is 6.18 Å². The van der Waals surface area contributed by atoms with Crippen LogP contribution in [0.4, 0.5) is 19.0 Å². The van der Waals surface area contributed by atoms with Gasteiger partial charge in [-0.3, -0.25) is 4.79 Å². The van der Waals surface area contributed by atoms with E-state index in [2.05, 4.69) is 15.7 Å². The lowest BCUT2D eigenvalue weighted by molar-refractivity contribution is -0.141. The van der Waals surface area contributed by atoms with Crippen LogP contribution in [0.5, 0.6) is 0 Å². The predicted molar refractivity (Wildman–Crippen MR) is 116 cm³/mol. The van der Waals surface area contributed by atoms with Crippen LogP contribution in [0.2, 0.25) is 10.0 Å². The number of nitrogens with one attached hydrogen (secondary N) is 2. The van der Waals surface area contributed by atoms with Gasteiger partial charge in [0, 0.05) is 17.8 Å². The molecule has 170 valence electrons. The fraction of sp³-hybridized carbons (Fsp3) is 0.455. The number of aromatic nitrogens is 2. The van der Waals surface area contributed by atoms with Gasteiger partial charge in [0.05, 0.1) is 15.6 Å². The van der Waals surface area contributed by atoms with E-state index in [9.17, 15) is 18.0 Å². The molecule has 5 nitrogen and oxygen atoms in total. The molecular formula is C22H21Cl2F3N4O. The van der Waals surface area contributed by atoms with Crippen LogP contribution in [0.25, 0.3) is 0 Å². The summed E-state index contributed by atoms with van der Waals surface area (Å²) in [4.78, 5) is 13.5. The lowest BCUT2D eigenvalue weighted by atomic mass is 9.92. The smallest absolute Gasteiger partial charge is 0.349 e. The van der Waals surface area contributed by atoms with E-state index in [1.165, 1.54) is 11.1 Å². The van der Waals surface area contributed by atoms with E-state index in [-0.39, 0.29) is 22.8 Å². The number of nitrogens with zero attached hydrogens (tertiary/aromatic N) is 2. The summed E-state index contributed by atoms with van der Waals surface area (Å²) >= 11 is 12.3. The van der Waals surface area contributed by atoms with Gasteiger partial charge in [0.2, 0.25) is 0 Å². The Morgan fingerprint density at radius 2 is 1.97 bits per heavy atom. The molecule has 4 atom stereocenters. The van der Waals surface area contributed by atoms with Crippen molar-refractivity contribution in [3.8, 4) is 0 Å². The average Bonchev–Trinajstić information content (AvgIpc) is 3.43. The second-order valence-electron chi connectivity index (χ2n) is 8.85. The van der Waals surface area contributed by atoms with Crippen LogP contribution in [0.3, 0.4) is 0 Å². The van der Waals surface area contributed by atoms with Crippen molar-refractivity contribution in [1.82, 2.24) is 15.1 Å². The molecule has 2 aliphatic carbocycles. The number of rotatable bonds is 3. The number of carbonyl (C=O) groups excluding carboxylic acids is 1. The van der Waals surface area contributed by atoms with E-state index >= 15 is 0 Å². The summed E-state index contributed by atoms with van der Waals surface area (Å²) in [6.45, 7) is 1.68. The van der Waals surface area contributed by atoms with Crippen molar-refractivity contribution in [2.75, 3.05) is 5.32 Å². The van der Waals surface area contributed by atoms with Crippen molar-refractivity contribution in [2.24, 2.45) is 11.8 Å². The quantitative estimate of drug-likeness (QED) is 0.578. The molecule has 0 spiro atoms. The van der Waals surface area contributed by atoms with Crippen molar-refractivity contribution >= 4 is 34.9 Å². The molecule has 10 heteroatoms. The van der Waals surface area contributed by atoms with Crippen molar-refractivity contribution in [3.05, 3.63) is 56.8 Å². The molecule has 32 heavy (non-hydrogen) atoms. The number of amides is 1. The summed E-state index contributed by atoms with van der Waals surface area (Å²) in [6.07, 6.45) is -0.258. The third-order valence-corrected chi connectivity index (χ3v) is 7.56. The van der Waals surface area contributed by atoms with Crippen LogP contribution in [-0.4, -0.2) is 21.7 Å². The molecule has 1 aromatic carbocycles. The number of anilines is 1. The Labute approximate surface area is 192 Å². The molecule has 2 aromatic rings. The number of carbonyl (C=O) groups is 1. The molecule has 0 saturated heterocycles. The summed E-state index contributed by atoms with van der Waals surface area (Å²) in [7, 11) is 0. The van der Waals surface area contributed by atoms with Crippen LogP contribution in [0, 0.1) is 11.8 Å². The number of benzene rings is 1. The monoisotopic (exact) mass is 484 g/mol. The first kappa shape index (κ1) is 21.6. The Balaban J connectivity index is 1.56. The molecule has 4 unspecified atom stereocenters. The summed E-state index contributed by atoms with van der Waals surface area (Å²) in [5.41, 5.74) is 0.280. The van der Waals surface area contributed by atoms with Crippen LogP contribution < -0.4 is 10.6 Å². The maximum absolute atomic E-state index is 13.5. The zero-order valence-corrected chi connectivity index (χ0v) is 18.7. The molecule has 2 fully saturated rings. The third kappa shape index (κ3) is 3.67. The molecule has 5 rings (SSSR count). The van der Waals surface area contributed by atoms with Crippen molar-refractivity contribution in [2.45, 2.75) is 50.9 Å². The molecule has 1 aromatic heterocycles. The number of halogens is 5. The Kier molecular flexibility index (Phi) is 5.21. The highest BCUT2D eigenvalue weighted by Gasteiger charge is 2.43. The SMILES string of the molecule is CC1=C(C(=O)NC2CC3CCC2C3)C(c2ccc(Cl)c(Cl)c2)n2nc(C(F)(F)F)cc2N1. The lowest BCUT2D eigenvalue weighted by Crippen LogP contribution is -2.42. The Bertz CT molecular complexity index is 1130. The second kappa shape index (κ2) is 7.70. The van der Waals surface area contributed by atoms with Crippen molar-refractivity contribution < 1.29 is 18.0 Å². The van der Waals surface area contributed by atoms with E-state index in [4.69, 9.17) is 23.2 Å². The van der Waals surface area contributed by atoms with E-state index < -0.39 is 17.9 Å². The number of alkyl halides is 3. The van der Waals surface area contributed by atoms with Gasteiger partial charge in [-0.2, -0.15) is 18.3 Å². The van der Waals surface area contributed by atoms with Gasteiger partial charge < -0.3 is 10.6 Å². The number of hydrogen-bond donors (Lipinski definition) is 2. The number of allylic oxidation sites excluding steroid dienone is 1. The van der Waals surface area contributed by atoms with E-state index in [0.717, 1.165) is 25.3 Å². The fourth-order valence-electron chi connectivity index (χ4n) is 5.36. The van der Waals surface area contributed by atoms with Gasteiger partial charge in [0.25, 0.3) is 5.91 Å². The number of fused-ring (bicyclic) bond motifs is 3. The van der Waals surface area contributed by atoms with Gasteiger partial charge in [-0.05, 0) is 55.7 Å². The second-order valence-corrected chi connectivity index (χ2v) is 9.67. The van der Waals surface area contributed by atoms with Crippen LogP contribution >= 0.6 is 23.2 Å². The largest absolute Gasteiger partial charge is 0.435 e. The fourth-order valence-corrected chi connectivity index (χ4v) is 5.67. The molecule has 2 N–H and O–H groups in total. The Morgan fingerprint density at radius 1 is 1.19 bits per heavy atom. The van der Waals surface area contributed by atoms with Gasteiger partial charge in [0.15, 0.2) is 5.69 Å². The van der Waals surface area contributed by atoms with E-state index in [1.54, 1.807) is 25.1 Å². The Hall–Kier alpha value is -2.19. The van der Waals surface area contributed by atoms with Gasteiger partial charge in [-0.25, -0.2) is 4.68 Å². The highest BCUT2D eigenvalue weighted by Crippen LogP contribution is 2.45. The first-order chi connectivity index (χ1) is 15.1. The minimum absolute atomic E-state index is 0.0840. The topological polar surface area (TPSA) is 59.0 Å². The predicted octanol–water partition coefficient (Wildman–Crippen LogP) is 5.80. The molecule has 1 amide bonds. The van der Waals surface area contributed by atoms with Gasteiger partial charge in [-0.1, -0.05) is 35.7 Å². The van der Waals surface area contributed by atoms with E-state index in [0.29, 0.717) is 33.7 Å². The lowest BCUT2D eigenvalue weighted by Gasteiger charge is -2.31. The van der Waals surface area contributed by atoms with Crippen LogP contribution in [0.15, 0.2) is 35.5 Å². The van der Waals surface area contributed by atoms with Gasteiger partial charge in [0.1, 0.15) is 11.9 Å². The Morgan fingerprint density at radius 3 is 2.59 bits per heavy atom. The van der Waals surface area contributed by atoms with Crippen molar-refractivity contribution in [3.63, 3.8) is 0 Å². The van der Waals surface area contributed by atoms with Gasteiger partial charge in [-0.15, -0.1) is 0 Å². The molecule has 2 saturated carbocycles.